The van der Waals surface area contributed by atoms with Crippen molar-refractivity contribution in [2.75, 3.05) is 0 Å². The van der Waals surface area contributed by atoms with E-state index < -0.39 is 0 Å². The van der Waals surface area contributed by atoms with E-state index in [4.69, 9.17) is 4.74 Å². The topological polar surface area (TPSA) is 55.0 Å². The largest absolute Gasteiger partial charge is 0.426 e. The Balaban J connectivity index is 1.52. The van der Waals surface area contributed by atoms with Crippen LogP contribution in [0.5, 0.6) is 5.75 Å². The van der Waals surface area contributed by atoms with Crippen LogP contribution in [-0.2, 0) is 4.79 Å². The molecule has 0 bridgehead atoms. The average molecular weight is 272 g/mol. The van der Waals surface area contributed by atoms with Crippen LogP contribution in [0.15, 0.2) is 24.5 Å². The predicted octanol–water partition coefficient (Wildman–Crippen LogP) is 3.83. The quantitative estimate of drug-likeness (QED) is 0.679. The first kappa shape index (κ1) is 13.2. The molecule has 0 unspecified atom stereocenters. The summed E-state index contributed by atoms with van der Waals surface area (Å²) in [4.78, 5) is 19.0. The number of rotatable bonds is 4. The Morgan fingerprint density at radius 2 is 2.15 bits per heavy atom. The second kappa shape index (κ2) is 6.07. The molecule has 1 saturated carbocycles. The summed E-state index contributed by atoms with van der Waals surface area (Å²) >= 11 is 0. The van der Waals surface area contributed by atoms with E-state index >= 15 is 0 Å². The molecular weight excluding hydrogens is 252 g/mol. The van der Waals surface area contributed by atoms with Gasteiger partial charge in [0, 0.05) is 12.5 Å². The lowest BCUT2D eigenvalue weighted by molar-refractivity contribution is -0.134. The molecule has 4 nitrogen and oxygen atoms in total. The number of hydrogen-bond acceptors (Lipinski definition) is 3. The van der Waals surface area contributed by atoms with E-state index in [0.717, 1.165) is 17.5 Å². The Kier molecular flexibility index (Phi) is 4.00. The van der Waals surface area contributed by atoms with E-state index in [1.807, 2.05) is 12.1 Å². The van der Waals surface area contributed by atoms with E-state index in [0.29, 0.717) is 18.1 Å². The molecule has 0 saturated heterocycles. The Bertz CT molecular complexity index is 585. The smallest absolute Gasteiger partial charge is 0.311 e. The number of nitrogens with zero attached hydrogens (tertiary/aromatic N) is 1. The van der Waals surface area contributed by atoms with Crippen molar-refractivity contribution >= 4 is 17.0 Å². The van der Waals surface area contributed by atoms with Crippen molar-refractivity contribution < 1.29 is 9.53 Å². The first-order valence-electron chi connectivity index (χ1n) is 7.45. The molecule has 0 radical (unpaired) electrons. The molecule has 1 aliphatic carbocycles. The molecule has 1 aromatic carbocycles. The minimum absolute atomic E-state index is 0.130. The molecule has 106 valence electrons. The van der Waals surface area contributed by atoms with Gasteiger partial charge >= 0.3 is 5.97 Å². The van der Waals surface area contributed by atoms with Gasteiger partial charge in [0.05, 0.1) is 17.4 Å². The standard InChI is InChI=1S/C16H20N2O2/c19-16(9-6-12-4-2-1-3-5-12)20-13-7-8-14-15(10-13)18-11-17-14/h7-8,10-12H,1-6,9H2,(H,17,18). The normalized spacial score (nSPS) is 16.4. The van der Waals surface area contributed by atoms with Gasteiger partial charge < -0.3 is 9.72 Å². The van der Waals surface area contributed by atoms with Crippen LogP contribution in [0, 0.1) is 5.92 Å². The Morgan fingerprint density at radius 1 is 1.30 bits per heavy atom. The number of aromatic amines is 1. The van der Waals surface area contributed by atoms with Gasteiger partial charge in [0.15, 0.2) is 0 Å². The molecule has 1 heterocycles. The second-order valence-electron chi connectivity index (χ2n) is 5.60. The van der Waals surface area contributed by atoms with E-state index in [1.165, 1.54) is 32.1 Å². The Hall–Kier alpha value is -1.84. The highest BCUT2D eigenvalue weighted by Crippen LogP contribution is 2.27. The fourth-order valence-electron chi connectivity index (χ4n) is 2.96. The van der Waals surface area contributed by atoms with Crippen molar-refractivity contribution in [3.8, 4) is 5.75 Å². The van der Waals surface area contributed by atoms with E-state index in [-0.39, 0.29) is 5.97 Å². The number of esters is 1. The van der Waals surface area contributed by atoms with Crippen molar-refractivity contribution in [1.29, 1.82) is 0 Å². The van der Waals surface area contributed by atoms with Crippen LogP contribution in [0.4, 0.5) is 0 Å². The van der Waals surface area contributed by atoms with E-state index in [1.54, 1.807) is 12.4 Å². The third kappa shape index (κ3) is 3.18. The maximum atomic E-state index is 11.9. The lowest BCUT2D eigenvalue weighted by atomic mass is 9.86. The molecule has 3 rings (SSSR count). The lowest BCUT2D eigenvalue weighted by Crippen LogP contribution is -2.12. The maximum Gasteiger partial charge on any atom is 0.311 e. The van der Waals surface area contributed by atoms with Crippen molar-refractivity contribution in [2.45, 2.75) is 44.9 Å². The molecule has 1 aromatic heterocycles. The summed E-state index contributed by atoms with van der Waals surface area (Å²) in [5, 5.41) is 0. The van der Waals surface area contributed by atoms with Gasteiger partial charge in [-0.1, -0.05) is 32.1 Å². The molecule has 1 fully saturated rings. The average Bonchev–Trinajstić information content (AvgIpc) is 2.94. The first-order valence-corrected chi connectivity index (χ1v) is 7.45. The van der Waals surface area contributed by atoms with Gasteiger partial charge in [-0.3, -0.25) is 4.79 Å². The van der Waals surface area contributed by atoms with Gasteiger partial charge in [0.2, 0.25) is 0 Å². The lowest BCUT2D eigenvalue weighted by Gasteiger charge is -2.20. The number of aromatic nitrogens is 2. The second-order valence-corrected chi connectivity index (χ2v) is 5.60. The van der Waals surface area contributed by atoms with E-state index in [9.17, 15) is 4.79 Å². The zero-order valence-corrected chi connectivity index (χ0v) is 11.6. The minimum Gasteiger partial charge on any atom is -0.426 e. The van der Waals surface area contributed by atoms with Crippen molar-refractivity contribution in [3.05, 3.63) is 24.5 Å². The van der Waals surface area contributed by atoms with Crippen molar-refractivity contribution in [3.63, 3.8) is 0 Å². The number of carbonyl (C=O) groups is 1. The van der Waals surface area contributed by atoms with Crippen LogP contribution in [0.1, 0.15) is 44.9 Å². The highest BCUT2D eigenvalue weighted by Gasteiger charge is 2.15. The zero-order chi connectivity index (χ0) is 13.8. The van der Waals surface area contributed by atoms with Crippen LogP contribution in [0.25, 0.3) is 11.0 Å². The Labute approximate surface area is 118 Å². The number of hydrogen-bond donors (Lipinski definition) is 1. The molecular formula is C16H20N2O2. The summed E-state index contributed by atoms with van der Waals surface area (Å²) in [7, 11) is 0. The number of ether oxygens (including phenoxy) is 1. The van der Waals surface area contributed by atoms with Gasteiger partial charge in [-0.25, -0.2) is 4.98 Å². The summed E-state index contributed by atoms with van der Waals surface area (Å²) in [5.41, 5.74) is 1.77. The number of imidazole rings is 1. The molecule has 1 aliphatic rings. The summed E-state index contributed by atoms with van der Waals surface area (Å²) < 4.78 is 5.40. The molecule has 20 heavy (non-hydrogen) atoms. The molecule has 0 amide bonds. The third-order valence-electron chi connectivity index (χ3n) is 4.10. The minimum atomic E-state index is -0.130. The van der Waals surface area contributed by atoms with Gasteiger partial charge in [0.1, 0.15) is 5.75 Å². The fourth-order valence-corrected chi connectivity index (χ4v) is 2.96. The van der Waals surface area contributed by atoms with Crippen LogP contribution in [-0.4, -0.2) is 15.9 Å². The molecule has 0 spiro atoms. The highest BCUT2D eigenvalue weighted by molar-refractivity contribution is 5.78. The zero-order valence-electron chi connectivity index (χ0n) is 11.6. The third-order valence-corrected chi connectivity index (χ3v) is 4.10. The van der Waals surface area contributed by atoms with Crippen molar-refractivity contribution in [1.82, 2.24) is 9.97 Å². The maximum absolute atomic E-state index is 11.9. The first-order chi connectivity index (χ1) is 9.81. The number of H-pyrrole nitrogens is 1. The fraction of sp³-hybridized carbons (Fsp3) is 0.500. The molecule has 4 heteroatoms. The van der Waals surface area contributed by atoms with Crippen LogP contribution in [0.2, 0.25) is 0 Å². The molecule has 1 N–H and O–H groups in total. The highest BCUT2D eigenvalue weighted by atomic mass is 16.5. The van der Waals surface area contributed by atoms with Gasteiger partial charge in [-0.05, 0) is 24.5 Å². The van der Waals surface area contributed by atoms with Crippen LogP contribution < -0.4 is 4.74 Å². The number of fused-ring (bicyclic) bond motifs is 1. The Morgan fingerprint density at radius 3 is 3.00 bits per heavy atom. The monoisotopic (exact) mass is 272 g/mol. The van der Waals surface area contributed by atoms with Crippen LogP contribution >= 0.6 is 0 Å². The molecule has 0 aliphatic heterocycles. The number of benzene rings is 1. The summed E-state index contributed by atoms with van der Waals surface area (Å²) in [6.45, 7) is 0. The SMILES string of the molecule is O=C(CCC1CCCCC1)Oc1ccc2nc[nH]c2c1. The predicted molar refractivity (Wildman–Crippen MR) is 77.5 cm³/mol. The van der Waals surface area contributed by atoms with Gasteiger partial charge in [-0.2, -0.15) is 0 Å². The van der Waals surface area contributed by atoms with E-state index in [2.05, 4.69) is 9.97 Å². The number of nitrogens with one attached hydrogen (secondary N) is 1. The molecule has 2 aromatic rings. The van der Waals surface area contributed by atoms with Gasteiger partial charge in [-0.15, -0.1) is 0 Å². The number of carbonyl (C=O) groups excluding carboxylic acids is 1. The van der Waals surface area contributed by atoms with Crippen molar-refractivity contribution in [2.24, 2.45) is 5.92 Å². The van der Waals surface area contributed by atoms with Crippen LogP contribution in [0.3, 0.4) is 0 Å². The van der Waals surface area contributed by atoms with Gasteiger partial charge in [0.25, 0.3) is 0 Å². The summed E-state index contributed by atoms with van der Waals surface area (Å²) in [5.74, 6) is 1.18. The molecule has 0 atom stereocenters. The summed E-state index contributed by atoms with van der Waals surface area (Å²) in [6, 6.07) is 5.47. The summed E-state index contributed by atoms with van der Waals surface area (Å²) in [6.07, 6.45) is 9.65.